The second-order valence-corrected chi connectivity index (χ2v) is 46.5. The van der Waals surface area contributed by atoms with Crippen LogP contribution in [0.1, 0.15) is 359 Å². The van der Waals surface area contributed by atoms with Crippen molar-refractivity contribution >= 4 is 59.7 Å². The van der Waals surface area contributed by atoms with E-state index in [2.05, 4.69) is 108 Å². The summed E-state index contributed by atoms with van der Waals surface area (Å²) >= 11 is 6.80. The second kappa shape index (κ2) is 43.8. The van der Waals surface area contributed by atoms with Crippen molar-refractivity contribution < 1.29 is 81.4 Å². The number of halogens is 2. The van der Waals surface area contributed by atoms with Gasteiger partial charge in [0.25, 0.3) is 0 Å². The molecule has 738 valence electrons. The quantitative estimate of drug-likeness (QED) is 0.0235. The van der Waals surface area contributed by atoms with E-state index in [0.29, 0.717) is 39.7 Å². The van der Waals surface area contributed by atoms with Gasteiger partial charge in [0.2, 0.25) is 0 Å². The lowest BCUT2D eigenvalue weighted by Crippen LogP contribution is -2.31. The lowest BCUT2D eigenvalue weighted by Gasteiger charge is -2.34. The second-order valence-electron chi connectivity index (χ2n) is 44.8. The molecule has 11 rings (SSSR count). The number of aliphatic hydroxyl groups is 15. The Morgan fingerprint density at radius 2 is 0.474 bits per heavy atom. The number of aldehydes is 1. The van der Waals surface area contributed by atoms with Gasteiger partial charge in [-0.25, -0.2) is 0 Å². The fourth-order valence-electron chi connectivity index (χ4n) is 15.8. The molecule has 0 saturated carbocycles. The Balaban J connectivity index is 0.000000280. The minimum absolute atomic E-state index is 0.285. The van der Waals surface area contributed by atoms with Gasteiger partial charge in [-0.05, 0) is 433 Å². The van der Waals surface area contributed by atoms with Crippen LogP contribution in [0.15, 0.2) is 203 Å². The maximum Gasteiger partial charge on any atom is 0.124 e. The maximum atomic E-state index is 10.6. The molecule has 0 aliphatic rings. The normalized spacial score (nSPS) is 13.0. The van der Waals surface area contributed by atoms with Gasteiger partial charge in [-0.2, -0.15) is 0 Å². The maximum absolute atomic E-state index is 10.6. The molecule has 0 unspecified atom stereocenters. The van der Waals surface area contributed by atoms with E-state index in [0.717, 1.165) is 131 Å². The van der Waals surface area contributed by atoms with Crippen molar-refractivity contribution in [2.24, 2.45) is 0 Å². The van der Waals surface area contributed by atoms with Crippen molar-refractivity contribution in [2.45, 2.75) is 352 Å². The highest BCUT2D eigenvalue weighted by Gasteiger charge is 2.37. The van der Waals surface area contributed by atoms with Gasteiger partial charge in [-0.3, -0.25) is 0 Å². The summed E-state index contributed by atoms with van der Waals surface area (Å²) < 4.78 is 1.72. The van der Waals surface area contributed by atoms with Gasteiger partial charge in [0.05, 0.1) is 84.0 Å². The predicted molar refractivity (Wildman–Crippen MR) is 562 cm³/mol. The smallest absolute Gasteiger partial charge is 0.124 e. The van der Waals surface area contributed by atoms with E-state index in [9.17, 15) is 81.4 Å². The minimum atomic E-state index is -1.14. The van der Waals surface area contributed by atoms with Crippen LogP contribution in [0, 0.1) is 13.8 Å². The lowest BCUT2D eigenvalue weighted by molar-refractivity contribution is -0.107. The highest BCUT2D eigenvalue weighted by molar-refractivity contribution is 9.13. The molecule has 0 atom stereocenters. The summed E-state index contributed by atoms with van der Waals surface area (Å²) in [6, 6.07) is 63.3. The van der Waals surface area contributed by atoms with Crippen LogP contribution < -0.4 is 0 Å². The number of hydrogen-bond acceptors (Lipinski definition) is 16. The third-order valence-electron chi connectivity index (χ3n) is 23.5. The standard InChI is InChI=1S/C24H26O2.C20H22O2.C18H30O2.C16H26O3.C14H20O3.C13H20O2.C12H16Br2O2/c1-23(2,25)21-13-9-19(10-14-21)17-5-7-18(8-6-17)20-11-15-22(16-12-20)24(3,4)26;1-19(2,21)17-9-5-7-13-12-16-14(11-15(13)17)8-6-10-18(16)20(3,4)22;1-11(2)13-9-15(17(5,6)19)16(18(7,8)20)10-14(13)12(3)4;1-10-8-11(14(2,3)17)13(16(6,7)19)12(9-10)15(4,5)18;1-13(2,16)11-7-10(5-6-15)8-12(9-11)14(3,4)17;1-9-6-10(12(2,3)14)8-11(7-9)13(4,5)15;1-11(2,15)7-5-9(13)10(14)6-8(7)12(3,4)16/h5-16,25-26H,1-4H3;5-12,21-22H,1-4H3;9-12,19-20H,1-8H3;8-9,17-19H,1-7H3;6-9,16-17H,5H2,1-4H3;6-8,14-15H,1-5H3;5-6,15-16H,1-4H3. The summed E-state index contributed by atoms with van der Waals surface area (Å²) in [6.45, 7) is 64.6. The van der Waals surface area contributed by atoms with E-state index in [4.69, 9.17) is 0 Å². The highest BCUT2D eigenvalue weighted by Crippen LogP contribution is 2.44. The van der Waals surface area contributed by atoms with E-state index >= 15 is 0 Å². The number of benzene rings is 11. The van der Waals surface area contributed by atoms with Crippen molar-refractivity contribution in [1.82, 2.24) is 0 Å². The van der Waals surface area contributed by atoms with Gasteiger partial charge in [-0.15, -0.1) is 0 Å². The molecule has 0 bridgehead atoms. The van der Waals surface area contributed by atoms with Crippen LogP contribution in [0.2, 0.25) is 0 Å². The summed E-state index contributed by atoms with van der Waals surface area (Å²) in [6.07, 6.45) is 1.10. The van der Waals surface area contributed by atoms with Gasteiger partial charge >= 0.3 is 0 Å². The van der Waals surface area contributed by atoms with Crippen LogP contribution >= 0.6 is 31.9 Å². The first-order valence-corrected chi connectivity index (χ1v) is 48.0. The average molecular weight is 1980 g/mol. The van der Waals surface area contributed by atoms with E-state index in [1.54, 1.807) is 226 Å². The molecule has 18 heteroatoms. The molecule has 0 saturated heterocycles. The molecule has 0 aliphatic carbocycles. The molecule has 0 aliphatic heterocycles. The summed E-state index contributed by atoms with van der Waals surface area (Å²) in [5.41, 5.74) is 7.19. The lowest BCUT2D eigenvalue weighted by atomic mass is 9.77. The Morgan fingerprint density at radius 1 is 0.244 bits per heavy atom. The topological polar surface area (TPSA) is 321 Å². The first kappa shape index (κ1) is 117. The first-order valence-electron chi connectivity index (χ1n) is 46.4. The monoisotopic (exact) mass is 1980 g/mol. The Labute approximate surface area is 823 Å². The van der Waals surface area contributed by atoms with E-state index in [-0.39, 0.29) is 6.42 Å². The van der Waals surface area contributed by atoms with E-state index in [1.807, 2.05) is 141 Å². The number of rotatable bonds is 21. The van der Waals surface area contributed by atoms with Crippen LogP contribution in [-0.4, -0.2) is 82.9 Å². The molecule has 0 amide bonds. The molecule has 0 spiro atoms. The Morgan fingerprint density at radius 3 is 0.696 bits per heavy atom. The minimum Gasteiger partial charge on any atom is -0.386 e. The van der Waals surface area contributed by atoms with Crippen molar-refractivity contribution in [3.05, 3.63) is 314 Å². The average Bonchev–Trinajstić information content (AvgIpc) is 0.736. The molecule has 11 aromatic carbocycles. The summed E-state index contributed by atoms with van der Waals surface area (Å²) in [5.74, 6) is 0.786. The van der Waals surface area contributed by atoms with E-state index < -0.39 is 84.0 Å². The third kappa shape index (κ3) is 33.9. The zero-order valence-corrected chi connectivity index (χ0v) is 90.5. The fraction of sp³-hybridized carbons (Fsp3) is 0.462. The number of carbonyl (C=O) groups excluding carboxylic acids is 1. The largest absolute Gasteiger partial charge is 0.386 e. The fourth-order valence-corrected chi connectivity index (χ4v) is 16.5. The molecule has 0 aromatic heterocycles. The van der Waals surface area contributed by atoms with Crippen molar-refractivity contribution in [1.29, 1.82) is 0 Å². The number of hydrogen-bond donors (Lipinski definition) is 15. The number of carbonyl (C=O) groups is 1. The van der Waals surface area contributed by atoms with Crippen LogP contribution in [0.3, 0.4) is 0 Å². The molecule has 0 fully saturated rings. The van der Waals surface area contributed by atoms with Crippen molar-refractivity contribution in [2.75, 3.05) is 0 Å². The van der Waals surface area contributed by atoms with Crippen LogP contribution in [0.25, 0.3) is 43.8 Å². The number of fused-ring (bicyclic) bond motifs is 2. The summed E-state index contributed by atoms with van der Waals surface area (Å²) in [4.78, 5) is 10.6. The van der Waals surface area contributed by atoms with Gasteiger partial charge in [0.1, 0.15) is 6.29 Å². The van der Waals surface area contributed by atoms with Gasteiger partial charge in [0, 0.05) is 15.4 Å². The molecule has 15 N–H and O–H groups in total. The van der Waals surface area contributed by atoms with E-state index in [1.165, 1.54) is 11.1 Å². The molecule has 135 heavy (non-hydrogen) atoms. The molecular weight excluding hydrogens is 1820 g/mol. The van der Waals surface area contributed by atoms with Gasteiger partial charge in [0.15, 0.2) is 0 Å². The van der Waals surface area contributed by atoms with Crippen molar-refractivity contribution in [3.63, 3.8) is 0 Å². The van der Waals surface area contributed by atoms with Crippen LogP contribution in [-0.2, 0) is 95.2 Å². The third-order valence-corrected chi connectivity index (χ3v) is 25.4. The Bertz CT molecular complexity index is 5460. The SMILES string of the molecule is CC(C)(O)c1cc(Br)c(Br)cc1C(C)(C)O.CC(C)(O)c1cc(CC=O)cc(C(C)(C)O)c1.CC(C)(O)c1ccc(-c2ccc(-c3ccc(C(C)(C)O)cc3)cc2)cc1.CC(C)(O)c1cccc2cc3c(C(C)(C)O)cccc3cc12.CC(C)c1cc(C(C)(C)O)c(C(C)(C)O)cc1C(C)C.Cc1cc(C(C)(C)O)c(C(C)(C)O)c(C(C)(C)O)c1.Cc1cc(C(C)(C)O)cc(C(C)(C)O)c1. The highest BCUT2D eigenvalue weighted by atomic mass is 79.9. The molecule has 0 radical (unpaired) electrons. The zero-order chi connectivity index (χ0) is 104. The molecule has 11 aromatic rings. The zero-order valence-electron chi connectivity index (χ0n) is 87.3. The molecule has 16 nitrogen and oxygen atoms in total. The summed E-state index contributed by atoms with van der Waals surface area (Å²) in [5, 5.41) is 157. The molecule has 0 heterocycles. The Kier molecular flexibility index (Phi) is 38.1. The first-order chi connectivity index (χ1) is 60.7. The van der Waals surface area contributed by atoms with Gasteiger partial charge in [-0.1, -0.05) is 209 Å². The summed E-state index contributed by atoms with van der Waals surface area (Å²) in [7, 11) is 0. The van der Waals surface area contributed by atoms with Crippen LogP contribution in [0.4, 0.5) is 0 Å². The van der Waals surface area contributed by atoms with Crippen LogP contribution in [0.5, 0.6) is 0 Å². The van der Waals surface area contributed by atoms with Gasteiger partial charge < -0.3 is 81.4 Å². The number of aryl methyl sites for hydroxylation is 2. The van der Waals surface area contributed by atoms with Crippen molar-refractivity contribution in [3.8, 4) is 22.3 Å². The Hall–Kier alpha value is -8.03. The molecular formula is C117H160Br2O16. The predicted octanol–water partition coefficient (Wildman–Crippen LogP) is 25.0.